The Hall–Kier alpha value is -2.95. The fraction of sp³-hybridized carbons (Fsp3) is 0.250. The molecule has 3 aromatic rings. The topological polar surface area (TPSA) is 74.8 Å². The van der Waals surface area contributed by atoms with Crippen LogP contribution >= 0.6 is 0 Å². The summed E-state index contributed by atoms with van der Waals surface area (Å²) in [4.78, 5) is 31.4. The first-order valence-electron chi connectivity index (χ1n) is 8.33. The van der Waals surface area contributed by atoms with Gasteiger partial charge in [-0.3, -0.25) is 14.6 Å². The normalized spacial score (nSPS) is 10.8. The molecule has 0 aliphatic heterocycles. The Balaban J connectivity index is 1.67. The second-order valence-corrected chi connectivity index (χ2v) is 6.19. The number of H-pyrrole nitrogens is 1. The molecule has 0 fully saturated rings. The maximum absolute atomic E-state index is 12.3. The van der Waals surface area contributed by atoms with Gasteiger partial charge in [0.15, 0.2) is 0 Å². The number of nitrogens with one attached hydrogen (secondary N) is 2. The van der Waals surface area contributed by atoms with Crippen LogP contribution in [0.15, 0.2) is 47.4 Å². The number of nitrogens with zero attached hydrogens (tertiary/aromatic N) is 1. The number of aromatic nitrogens is 2. The number of hydrogen-bond donors (Lipinski definition) is 2. The van der Waals surface area contributed by atoms with Crippen LogP contribution in [0.4, 0.5) is 0 Å². The number of hydrogen-bond acceptors (Lipinski definition) is 3. The maximum atomic E-state index is 12.3. The van der Waals surface area contributed by atoms with Crippen molar-refractivity contribution in [3.05, 3.63) is 75.3 Å². The minimum absolute atomic E-state index is 0.0924. The predicted octanol–water partition coefficient (Wildman–Crippen LogP) is 2.79. The third kappa shape index (κ3) is 3.94. The maximum Gasteiger partial charge on any atom is 0.251 e. The number of aryl methyl sites for hydroxylation is 3. The molecule has 0 atom stereocenters. The molecule has 25 heavy (non-hydrogen) atoms. The van der Waals surface area contributed by atoms with E-state index in [1.807, 2.05) is 50.2 Å². The molecule has 2 heterocycles. The van der Waals surface area contributed by atoms with Crippen LogP contribution in [-0.4, -0.2) is 15.9 Å². The van der Waals surface area contributed by atoms with Crippen molar-refractivity contribution < 1.29 is 4.79 Å². The van der Waals surface area contributed by atoms with Gasteiger partial charge in [0.1, 0.15) is 0 Å². The molecule has 128 valence electrons. The molecule has 0 aliphatic carbocycles. The number of pyridine rings is 2. The lowest BCUT2D eigenvalue weighted by atomic mass is 10.0. The third-order valence-corrected chi connectivity index (χ3v) is 4.44. The zero-order chi connectivity index (χ0) is 17.8. The Morgan fingerprint density at radius 3 is 2.80 bits per heavy atom. The van der Waals surface area contributed by atoms with Gasteiger partial charge >= 0.3 is 0 Å². The number of fused-ring (bicyclic) bond motifs is 1. The van der Waals surface area contributed by atoms with Crippen molar-refractivity contribution in [2.45, 2.75) is 33.2 Å². The van der Waals surface area contributed by atoms with Crippen LogP contribution in [0.25, 0.3) is 10.9 Å². The van der Waals surface area contributed by atoms with Gasteiger partial charge in [-0.1, -0.05) is 18.2 Å². The predicted molar refractivity (Wildman–Crippen MR) is 98.4 cm³/mol. The van der Waals surface area contributed by atoms with Gasteiger partial charge in [0.2, 0.25) is 5.91 Å². The highest BCUT2D eigenvalue weighted by molar-refractivity contribution is 5.83. The average molecular weight is 335 g/mol. The fourth-order valence-corrected chi connectivity index (χ4v) is 2.78. The molecule has 2 N–H and O–H groups in total. The number of carbonyl (C=O) groups is 1. The van der Waals surface area contributed by atoms with Crippen molar-refractivity contribution in [1.82, 2.24) is 15.3 Å². The molecule has 5 heteroatoms. The van der Waals surface area contributed by atoms with Crippen LogP contribution < -0.4 is 10.9 Å². The second kappa shape index (κ2) is 7.30. The summed E-state index contributed by atoms with van der Waals surface area (Å²) in [5, 5.41) is 3.82. The number of carbonyl (C=O) groups excluding carboxylic acids is 1. The summed E-state index contributed by atoms with van der Waals surface area (Å²) >= 11 is 0. The van der Waals surface area contributed by atoms with Crippen LogP contribution in [-0.2, 0) is 17.8 Å². The molecule has 0 saturated heterocycles. The van der Waals surface area contributed by atoms with E-state index < -0.39 is 0 Å². The van der Waals surface area contributed by atoms with Gasteiger partial charge in [-0.05, 0) is 55.0 Å². The van der Waals surface area contributed by atoms with E-state index >= 15 is 0 Å². The van der Waals surface area contributed by atoms with Gasteiger partial charge in [0, 0.05) is 18.2 Å². The Morgan fingerprint density at radius 2 is 2.04 bits per heavy atom. The molecule has 0 bridgehead atoms. The van der Waals surface area contributed by atoms with Crippen molar-refractivity contribution in [2.75, 3.05) is 0 Å². The summed E-state index contributed by atoms with van der Waals surface area (Å²) in [5.41, 5.74) is 4.40. The van der Waals surface area contributed by atoms with Crippen molar-refractivity contribution in [1.29, 1.82) is 0 Å². The SMILES string of the molecule is Cc1ccc2cc(CCC(=O)NCc3ccccn3)c(=O)[nH]c2c1C. The van der Waals surface area contributed by atoms with E-state index in [4.69, 9.17) is 0 Å². The molecule has 5 nitrogen and oxygen atoms in total. The van der Waals surface area contributed by atoms with Crippen LogP contribution in [0, 0.1) is 13.8 Å². The van der Waals surface area contributed by atoms with Crippen molar-refractivity contribution in [3.63, 3.8) is 0 Å². The molecule has 0 aliphatic rings. The molecular weight excluding hydrogens is 314 g/mol. The minimum atomic E-state index is -0.126. The summed E-state index contributed by atoms with van der Waals surface area (Å²) in [6.07, 6.45) is 2.37. The largest absolute Gasteiger partial charge is 0.350 e. The van der Waals surface area contributed by atoms with Gasteiger partial charge in [-0.25, -0.2) is 0 Å². The monoisotopic (exact) mass is 335 g/mol. The first-order valence-corrected chi connectivity index (χ1v) is 8.33. The van der Waals surface area contributed by atoms with Crippen LogP contribution in [0.1, 0.15) is 28.8 Å². The smallest absolute Gasteiger partial charge is 0.251 e. The van der Waals surface area contributed by atoms with E-state index in [0.717, 1.165) is 27.7 Å². The summed E-state index contributed by atoms with van der Waals surface area (Å²) in [6.45, 7) is 4.41. The summed E-state index contributed by atoms with van der Waals surface area (Å²) in [6, 6.07) is 11.5. The van der Waals surface area contributed by atoms with Gasteiger partial charge in [0.05, 0.1) is 17.8 Å². The molecule has 1 aromatic carbocycles. The molecule has 2 aromatic heterocycles. The lowest BCUT2D eigenvalue weighted by Crippen LogP contribution is -2.24. The summed E-state index contributed by atoms with van der Waals surface area (Å²) < 4.78 is 0. The molecule has 3 rings (SSSR count). The van der Waals surface area contributed by atoms with Gasteiger partial charge in [0.25, 0.3) is 5.56 Å². The summed E-state index contributed by atoms with van der Waals surface area (Å²) in [7, 11) is 0. The molecular formula is C20H21N3O2. The van der Waals surface area contributed by atoms with E-state index in [2.05, 4.69) is 15.3 Å². The highest BCUT2D eigenvalue weighted by Gasteiger charge is 2.09. The average Bonchev–Trinajstić information content (AvgIpc) is 2.63. The molecule has 1 amide bonds. The molecule has 0 unspecified atom stereocenters. The van der Waals surface area contributed by atoms with Crippen molar-refractivity contribution >= 4 is 16.8 Å². The van der Waals surface area contributed by atoms with Gasteiger partial charge in [-0.15, -0.1) is 0 Å². The quantitative estimate of drug-likeness (QED) is 0.753. The van der Waals surface area contributed by atoms with Crippen LogP contribution in [0.3, 0.4) is 0 Å². The lowest BCUT2D eigenvalue weighted by molar-refractivity contribution is -0.121. The molecule has 0 saturated carbocycles. The fourth-order valence-electron chi connectivity index (χ4n) is 2.78. The van der Waals surface area contributed by atoms with E-state index in [1.165, 1.54) is 0 Å². The molecule has 0 spiro atoms. The minimum Gasteiger partial charge on any atom is -0.350 e. The van der Waals surface area contributed by atoms with E-state index in [1.54, 1.807) is 6.20 Å². The molecule has 0 radical (unpaired) electrons. The number of aromatic amines is 1. The lowest BCUT2D eigenvalue weighted by Gasteiger charge is -2.08. The van der Waals surface area contributed by atoms with E-state index in [0.29, 0.717) is 18.5 Å². The van der Waals surface area contributed by atoms with E-state index in [-0.39, 0.29) is 17.9 Å². The Kier molecular flexibility index (Phi) is 4.93. The van der Waals surface area contributed by atoms with Crippen LogP contribution in [0.5, 0.6) is 0 Å². The zero-order valence-electron chi connectivity index (χ0n) is 14.4. The first kappa shape index (κ1) is 16.9. The summed E-state index contributed by atoms with van der Waals surface area (Å²) in [5.74, 6) is -0.0924. The number of benzene rings is 1. The highest BCUT2D eigenvalue weighted by Crippen LogP contribution is 2.19. The number of rotatable bonds is 5. The Bertz CT molecular complexity index is 962. The van der Waals surface area contributed by atoms with E-state index in [9.17, 15) is 9.59 Å². The van der Waals surface area contributed by atoms with Gasteiger partial charge < -0.3 is 10.3 Å². The van der Waals surface area contributed by atoms with Crippen LogP contribution in [0.2, 0.25) is 0 Å². The van der Waals surface area contributed by atoms with Crippen molar-refractivity contribution in [2.24, 2.45) is 0 Å². The third-order valence-electron chi connectivity index (χ3n) is 4.44. The van der Waals surface area contributed by atoms with Crippen molar-refractivity contribution in [3.8, 4) is 0 Å². The number of amides is 1. The highest BCUT2D eigenvalue weighted by atomic mass is 16.1. The zero-order valence-corrected chi connectivity index (χ0v) is 14.4. The standard InChI is InChI=1S/C20H21N3O2/c1-13-6-7-15-11-16(20(25)23-19(15)14(13)2)8-9-18(24)22-12-17-5-3-4-10-21-17/h3-7,10-11H,8-9,12H2,1-2H3,(H,22,24)(H,23,25). The van der Waals surface area contributed by atoms with Gasteiger partial charge in [-0.2, -0.15) is 0 Å². The second-order valence-electron chi connectivity index (χ2n) is 6.19. The Morgan fingerprint density at radius 1 is 1.20 bits per heavy atom. The Labute approximate surface area is 146 Å². The first-order chi connectivity index (χ1) is 12.0.